The van der Waals surface area contributed by atoms with Crippen molar-refractivity contribution in [2.75, 3.05) is 5.32 Å². The molecule has 1 aromatic heterocycles. The van der Waals surface area contributed by atoms with E-state index in [-0.39, 0.29) is 16.4 Å². The molecule has 0 unspecified atom stereocenters. The molecule has 0 atom stereocenters. The molecule has 1 N–H and O–H groups in total. The van der Waals surface area contributed by atoms with Gasteiger partial charge in [-0.2, -0.15) is 8.42 Å². The SMILES string of the molecule is O=C(Nc1ccc(OS(=O)(=O)c2cccc(F)c2)cc1)c1ccco1. The van der Waals surface area contributed by atoms with Crippen molar-refractivity contribution >= 4 is 21.7 Å². The zero-order chi connectivity index (χ0) is 17.9. The Hall–Kier alpha value is -3.13. The van der Waals surface area contributed by atoms with E-state index in [0.29, 0.717) is 5.69 Å². The second-order valence-corrected chi connectivity index (χ2v) is 6.50. The van der Waals surface area contributed by atoms with Gasteiger partial charge in [-0.15, -0.1) is 0 Å². The molecule has 0 aliphatic carbocycles. The fraction of sp³-hybridized carbons (Fsp3) is 0. The van der Waals surface area contributed by atoms with Crippen LogP contribution < -0.4 is 9.50 Å². The van der Waals surface area contributed by atoms with Crippen molar-refractivity contribution < 1.29 is 26.2 Å². The van der Waals surface area contributed by atoms with Gasteiger partial charge in [-0.1, -0.05) is 6.07 Å². The highest BCUT2D eigenvalue weighted by atomic mass is 32.2. The van der Waals surface area contributed by atoms with E-state index in [4.69, 9.17) is 8.60 Å². The summed E-state index contributed by atoms with van der Waals surface area (Å²) in [6.07, 6.45) is 1.38. The zero-order valence-corrected chi connectivity index (χ0v) is 13.5. The molecule has 0 radical (unpaired) electrons. The largest absolute Gasteiger partial charge is 0.459 e. The first-order valence-electron chi connectivity index (χ1n) is 7.09. The van der Waals surface area contributed by atoms with E-state index in [1.54, 1.807) is 6.07 Å². The van der Waals surface area contributed by atoms with Crippen LogP contribution in [0.25, 0.3) is 0 Å². The van der Waals surface area contributed by atoms with Gasteiger partial charge in [0.1, 0.15) is 16.5 Å². The van der Waals surface area contributed by atoms with Crippen molar-refractivity contribution in [1.82, 2.24) is 0 Å². The summed E-state index contributed by atoms with van der Waals surface area (Å²) in [6, 6.07) is 13.3. The molecule has 6 nitrogen and oxygen atoms in total. The first-order chi connectivity index (χ1) is 11.9. The number of benzene rings is 2. The number of carbonyl (C=O) groups excluding carboxylic acids is 1. The molecule has 0 fully saturated rings. The van der Waals surface area contributed by atoms with Crippen LogP contribution in [0.15, 0.2) is 76.2 Å². The minimum Gasteiger partial charge on any atom is -0.459 e. The van der Waals surface area contributed by atoms with Crippen molar-refractivity contribution in [3.8, 4) is 5.75 Å². The van der Waals surface area contributed by atoms with Gasteiger partial charge in [0.2, 0.25) is 0 Å². The molecule has 128 valence electrons. The summed E-state index contributed by atoms with van der Waals surface area (Å²) < 4.78 is 47.3. The average Bonchev–Trinajstić information content (AvgIpc) is 3.11. The molecular formula is C17H12FNO5S. The number of hydrogen-bond acceptors (Lipinski definition) is 5. The molecule has 0 saturated heterocycles. The standard InChI is InChI=1S/C17H12FNO5S/c18-12-3-1-4-15(11-12)25(21,22)24-14-8-6-13(7-9-14)19-17(20)16-5-2-10-23-16/h1-11H,(H,19,20). The van der Waals surface area contributed by atoms with Crippen LogP contribution in [0.5, 0.6) is 5.75 Å². The molecule has 0 spiro atoms. The first kappa shape index (κ1) is 16.7. The van der Waals surface area contributed by atoms with Gasteiger partial charge in [0, 0.05) is 5.69 Å². The predicted molar refractivity (Wildman–Crippen MR) is 87.3 cm³/mol. The number of halogens is 1. The molecule has 0 aliphatic heterocycles. The molecule has 0 bridgehead atoms. The highest BCUT2D eigenvalue weighted by Gasteiger charge is 2.17. The highest BCUT2D eigenvalue weighted by molar-refractivity contribution is 7.87. The van der Waals surface area contributed by atoms with Gasteiger partial charge >= 0.3 is 10.1 Å². The lowest BCUT2D eigenvalue weighted by Crippen LogP contribution is -2.11. The maximum absolute atomic E-state index is 13.2. The normalized spacial score (nSPS) is 11.1. The minimum atomic E-state index is -4.15. The molecular weight excluding hydrogens is 349 g/mol. The summed E-state index contributed by atoms with van der Waals surface area (Å²) in [4.78, 5) is 11.5. The van der Waals surface area contributed by atoms with Crippen LogP contribution in [0.3, 0.4) is 0 Å². The van der Waals surface area contributed by atoms with E-state index < -0.39 is 21.8 Å². The van der Waals surface area contributed by atoms with Gasteiger partial charge in [-0.25, -0.2) is 4.39 Å². The Morgan fingerprint density at radius 3 is 2.44 bits per heavy atom. The van der Waals surface area contributed by atoms with E-state index in [2.05, 4.69) is 5.32 Å². The number of amides is 1. The fourth-order valence-corrected chi connectivity index (χ4v) is 2.95. The topological polar surface area (TPSA) is 85.6 Å². The number of anilines is 1. The number of nitrogens with one attached hydrogen (secondary N) is 1. The van der Waals surface area contributed by atoms with E-state index in [1.807, 2.05) is 0 Å². The second-order valence-electron chi connectivity index (χ2n) is 4.95. The van der Waals surface area contributed by atoms with E-state index in [9.17, 15) is 17.6 Å². The van der Waals surface area contributed by atoms with Crippen LogP contribution in [0.2, 0.25) is 0 Å². The van der Waals surface area contributed by atoms with Crippen molar-refractivity contribution in [2.24, 2.45) is 0 Å². The molecule has 0 saturated carbocycles. The van der Waals surface area contributed by atoms with Gasteiger partial charge in [-0.05, 0) is 54.6 Å². The van der Waals surface area contributed by atoms with Gasteiger partial charge < -0.3 is 13.9 Å². The summed E-state index contributed by atoms with van der Waals surface area (Å²) in [6.45, 7) is 0. The van der Waals surface area contributed by atoms with Crippen molar-refractivity contribution in [3.05, 3.63) is 78.5 Å². The average molecular weight is 361 g/mol. The fourth-order valence-electron chi connectivity index (χ4n) is 1.99. The second kappa shape index (κ2) is 6.78. The molecule has 1 heterocycles. The third-order valence-electron chi connectivity index (χ3n) is 3.15. The summed E-state index contributed by atoms with van der Waals surface area (Å²) in [5.74, 6) is -0.944. The van der Waals surface area contributed by atoms with Crippen LogP contribution in [0, 0.1) is 5.82 Å². The smallest absolute Gasteiger partial charge is 0.339 e. The van der Waals surface area contributed by atoms with Crippen molar-refractivity contribution in [2.45, 2.75) is 4.90 Å². The van der Waals surface area contributed by atoms with Gasteiger partial charge in [0.05, 0.1) is 6.26 Å². The molecule has 8 heteroatoms. The zero-order valence-electron chi connectivity index (χ0n) is 12.7. The van der Waals surface area contributed by atoms with Crippen molar-refractivity contribution in [1.29, 1.82) is 0 Å². The third-order valence-corrected chi connectivity index (χ3v) is 4.39. The number of furan rings is 1. The lowest BCUT2D eigenvalue weighted by Gasteiger charge is -2.08. The Labute approximate surface area is 143 Å². The predicted octanol–water partition coefficient (Wildman–Crippen LogP) is 3.44. The summed E-state index contributed by atoms with van der Waals surface area (Å²) in [5.41, 5.74) is 0.428. The minimum absolute atomic E-state index is 0.0280. The number of hydrogen-bond donors (Lipinski definition) is 1. The highest BCUT2D eigenvalue weighted by Crippen LogP contribution is 2.21. The Morgan fingerprint density at radius 1 is 1.04 bits per heavy atom. The Kier molecular flexibility index (Phi) is 4.53. The quantitative estimate of drug-likeness (QED) is 0.704. The number of rotatable bonds is 5. The molecule has 2 aromatic carbocycles. The Balaban J connectivity index is 1.71. The van der Waals surface area contributed by atoms with Crippen LogP contribution in [0.1, 0.15) is 10.6 Å². The molecule has 0 aliphatic rings. The lowest BCUT2D eigenvalue weighted by molar-refractivity contribution is 0.0996. The summed E-state index contributed by atoms with van der Waals surface area (Å²) in [5, 5.41) is 2.59. The Morgan fingerprint density at radius 2 is 1.80 bits per heavy atom. The number of carbonyl (C=O) groups is 1. The van der Waals surface area contributed by atoms with E-state index in [0.717, 1.165) is 12.1 Å². The van der Waals surface area contributed by atoms with Crippen LogP contribution in [-0.2, 0) is 10.1 Å². The molecule has 1 amide bonds. The van der Waals surface area contributed by atoms with Gasteiger partial charge in [0.15, 0.2) is 5.76 Å². The van der Waals surface area contributed by atoms with Gasteiger partial charge in [-0.3, -0.25) is 4.79 Å². The van der Waals surface area contributed by atoms with E-state index >= 15 is 0 Å². The van der Waals surface area contributed by atoms with Crippen molar-refractivity contribution in [3.63, 3.8) is 0 Å². The molecule has 25 heavy (non-hydrogen) atoms. The maximum Gasteiger partial charge on any atom is 0.339 e. The first-order valence-corrected chi connectivity index (χ1v) is 8.50. The van der Waals surface area contributed by atoms with Crippen LogP contribution >= 0.6 is 0 Å². The van der Waals surface area contributed by atoms with E-state index in [1.165, 1.54) is 48.7 Å². The summed E-state index contributed by atoms with van der Waals surface area (Å²) in [7, 11) is -4.15. The maximum atomic E-state index is 13.2. The van der Waals surface area contributed by atoms with Crippen LogP contribution in [0.4, 0.5) is 10.1 Å². The van der Waals surface area contributed by atoms with Gasteiger partial charge in [0.25, 0.3) is 5.91 Å². The van der Waals surface area contributed by atoms with Crippen LogP contribution in [-0.4, -0.2) is 14.3 Å². The Bertz CT molecular complexity index is 982. The monoisotopic (exact) mass is 361 g/mol. The third kappa shape index (κ3) is 4.04. The summed E-state index contributed by atoms with van der Waals surface area (Å²) >= 11 is 0. The lowest BCUT2D eigenvalue weighted by atomic mass is 10.3. The molecule has 3 aromatic rings. The molecule has 3 rings (SSSR count).